The van der Waals surface area contributed by atoms with Crippen LogP contribution in [0.3, 0.4) is 0 Å². The van der Waals surface area contributed by atoms with Gasteiger partial charge in [0.25, 0.3) is 0 Å². The van der Waals surface area contributed by atoms with Gasteiger partial charge in [-0.1, -0.05) is 13.8 Å². The molecule has 4 heteroatoms. The SMILES string of the molecule is C[C@@H](O)[C@@H]1CC[C@H]2[C@H]3C[C@H](O)[C@H]4CC5(CC[C@]4(C)[C@@H]3C[C@@]21C)OCCO5. The largest absolute Gasteiger partial charge is 0.393 e. The van der Waals surface area contributed by atoms with Gasteiger partial charge < -0.3 is 19.7 Å². The molecule has 0 aromatic carbocycles. The molecule has 9 atom stereocenters. The fraction of sp³-hybridized carbons (Fsp3) is 1.00. The van der Waals surface area contributed by atoms with E-state index < -0.39 is 5.79 Å². The molecule has 4 nitrogen and oxygen atoms in total. The highest BCUT2D eigenvalue weighted by atomic mass is 16.7. The van der Waals surface area contributed by atoms with Crippen molar-refractivity contribution in [1.82, 2.24) is 0 Å². The van der Waals surface area contributed by atoms with E-state index in [0.29, 0.717) is 36.9 Å². The summed E-state index contributed by atoms with van der Waals surface area (Å²) in [6, 6.07) is 0. The Bertz CT molecular complexity index is 570. The van der Waals surface area contributed by atoms with Crippen molar-refractivity contribution in [3.63, 3.8) is 0 Å². The van der Waals surface area contributed by atoms with Gasteiger partial charge in [-0.05, 0) is 79.4 Å². The summed E-state index contributed by atoms with van der Waals surface area (Å²) in [7, 11) is 0. The van der Waals surface area contributed by atoms with Gasteiger partial charge in [0.05, 0.1) is 25.4 Å². The molecule has 0 amide bonds. The van der Waals surface area contributed by atoms with Crippen LogP contribution in [0.25, 0.3) is 0 Å². The van der Waals surface area contributed by atoms with Crippen molar-refractivity contribution in [2.24, 2.45) is 40.4 Å². The molecular formula is C22H36O4. The second kappa shape index (κ2) is 5.68. The lowest BCUT2D eigenvalue weighted by molar-refractivity contribution is -0.237. The van der Waals surface area contributed by atoms with Gasteiger partial charge >= 0.3 is 0 Å². The zero-order valence-electron chi connectivity index (χ0n) is 16.6. The maximum atomic E-state index is 11.2. The number of hydrogen-bond acceptors (Lipinski definition) is 4. The number of aliphatic hydroxyl groups is 2. The summed E-state index contributed by atoms with van der Waals surface area (Å²) in [5.41, 5.74) is 0.427. The molecule has 1 heterocycles. The van der Waals surface area contributed by atoms with Crippen molar-refractivity contribution in [3.8, 4) is 0 Å². The van der Waals surface area contributed by atoms with Crippen molar-refractivity contribution in [2.45, 2.75) is 83.7 Å². The van der Waals surface area contributed by atoms with E-state index in [1.807, 2.05) is 6.92 Å². The van der Waals surface area contributed by atoms with Crippen LogP contribution in [0.5, 0.6) is 0 Å². The first-order valence-electron chi connectivity index (χ1n) is 10.9. The number of fused-ring (bicyclic) bond motifs is 5. The molecule has 0 bridgehead atoms. The monoisotopic (exact) mass is 364 g/mol. The van der Waals surface area contributed by atoms with Crippen LogP contribution in [0.4, 0.5) is 0 Å². The summed E-state index contributed by atoms with van der Waals surface area (Å²) >= 11 is 0. The minimum Gasteiger partial charge on any atom is -0.393 e. The number of ether oxygens (including phenoxy) is 2. The average molecular weight is 365 g/mol. The van der Waals surface area contributed by atoms with Crippen molar-refractivity contribution in [3.05, 3.63) is 0 Å². The maximum Gasteiger partial charge on any atom is 0.168 e. The van der Waals surface area contributed by atoms with E-state index in [9.17, 15) is 10.2 Å². The molecule has 0 unspecified atom stereocenters. The van der Waals surface area contributed by atoms with Crippen LogP contribution in [0.1, 0.15) is 65.7 Å². The Balaban J connectivity index is 1.46. The Morgan fingerprint density at radius 1 is 0.923 bits per heavy atom. The quantitative estimate of drug-likeness (QED) is 0.749. The second-order valence-corrected chi connectivity index (χ2v) is 10.7. The van der Waals surface area contributed by atoms with Gasteiger partial charge in [-0.25, -0.2) is 0 Å². The summed E-state index contributed by atoms with van der Waals surface area (Å²) in [4.78, 5) is 0. The van der Waals surface area contributed by atoms with Crippen LogP contribution in [0.15, 0.2) is 0 Å². The van der Waals surface area contributed by atoms with Crippen molar-refractivity contribution in [2.75, 3.05) is 13.2 Å². The molecule has 2 N–H and O–H groups in total. The lowest BCUT2D eigenvalue weighted by atomic mass is 9.50. The lowest BCUT2D eigenvalue weighted by Crippen LogP contribution is -2.56. The van der Waals surface area contributed by atoms with Gasteiger partial charge in [0, 0.05) is 12.8 Å². The van der Waals surface area contributed by atoms with Gasteiger partial charge in [0.1, 0.15) is 0 Å². The molecule has 1 aliphatic heterocycles. The summed E-state index contributed by atoms with van der Waals surface area (Å²) in [5.74, 6) is 2.26. The van der Waals surface area contributed by atoms with E-state index >= 15 is 0 Å². The predicted octanol–water partition coefficient (Wildman–Crippen LogP) is 3.35. The molecule has 148 valence electrons. The van der Waals surface area contributed by atoms with E-state index in [2.05, 4.69) is 13.8 Å². The molecule has 5 rings (SSSR count). The smallest absolute Gasteiger partial charge is 0.168 e. The Labute approximate surface area is 157 Å². The van der Waals surface area contributed by atoms with Crippen molar-refractivity contribution in [1.29, 1.82) is 0 Å². The molecule has 4 aliphatic carbocycles. The van der Waals surface area contributed by atoms with Gasteiger partial charge in [0.2, 0.25) is 0 Å². The number of rotatable bonds is 1. The van der Waals surface area contributed by atoms with Gasteiger partial charge in [-0.2, -0.15) is 0 Å². The van der Waals surface area contributed by atoms with Gasteiger partial charge in [-0.15, -0.1) is 0 Å². The average Bonchev–Trinajstić information content (AvgIpc) is 3.24. The summed E-state index contributed by atoms with van der Waals surface area (Å²) in [6.07, 6.45) is 7.03. The third kappa shape index (κ3) is 2.22. The van der Waals surface area contributed by atoms with E-state index in [4.69, 9.17) is 9.47 Å². The third-order valence-corrected chi connectivity index (χ3v) is 9.82. The van der Waals surface area contributed by atoms with E-state index in [1.165, 1.54) is 12.8 Å². The summed E-state index contributed by atoms with van der Waals surface area (Å²) in [5, 5.41) is 21.6. The molecule has 5 fully saturated rings. The highest BCUT2D eigenvalue weighted by Crippen LogP contribution is 2.71. The van der Waals surface area contributed by atoms with Crippen LogP contribution in [-0.4, -0.2) is 41.4 Å². The molecule has 1 saturated heterocycles. The fourth-order valence-electron chi connectivity index (χ4n) is 8.60. The first kappa shape index (κ1) is 17.9. The summed E-state index contributed by atoms with van der Waals surface area (Å²) in [6.45, 7) is 8.27. The Kier molecular flexibility index (Phi) is 3.91. The zero-order valence-corrected chi connectivity index (χ0v) is 16.6. The minimum atomic E-state index is -0.418. The predicted molar refractivity (Wildman–Crippen MR) is 98.3 cm³/mol. The number of aliphatic hydroxyl groups excluding tert-OH is 2. The van der Waals surface area contributed by atoms with E-state index in [-0.39, 0.29) is 29.0 Å². The molecule has 0 aromatic heterocycles. The Hall–Kier alpha value is -0.160. The van der Waals surface area contributed by atoms with Crippen LogP contribution in [0, 0.1) is 40.4 Å². The standard InChI is InChI=1S/C22H36O4/c1-13(23)15-4-5-16-14-10-19(24)18-12-22(25-8-9-26-22)7-6-20(18,2)17(14)11-21(15,16)3/h13-19,23-24H,4-12H2,1-3H3/t13-,14-,15+,16+,17-,18-,19+,20-,21-/m1/s1. The number of hydrogen-bond donors (Lipinski definition) is 2. The van der Waals surface area contributed by atoms with Crippen molar-refractivity contribution >= 4 is 0 Å². The summed E-state index contributed by atoms with van der Waals surface area (Å²) < 4.78 is 12.0. The normalized spacial score (nSPS) is 56.2. The highest BCUT2D eigenvalue weighted by molar-refractivity contribution is 5.15. The van der Waals surface area contributed by atoms with E-state index in [1.54, 1.807) is 0 Å². The molecular weight excluding hydrogens is 328 g/mol. The highest BCUT2D eigenvalue weighted by Gasteiger charge is 2.67. The second-order valence-electron chi connectivity index (χ2n) is 10.7. The Morgan fingerprint density at radius 3 is 2.35 bits per heavy atom. The van der Waals surface area contributed by atoms with Crippen LogP contribution in [0.2, 0.25) is 0 Å². The van der Waals surface area contributed by atoms with Gasteiger partial charge in [-0.3, -0.25) is 0 Å². The minimum absolute atomic E-state index is 0.180. The lowest BCUT2D eigenvalue weighted by Gasteiger charge is -2.57. The first-order valence-corrected chi connectivity index (χ1v) is 10.9. The van der Waals surface area contributed by atoms with Crippen LogP contribution >= 0.6 is 0 Å². The fourth-order valence-corrected chi connectivity index (χ4v) is 8.60. The van der Waals surface area contributed by atoms with Crippen molar-refractivity contribution < 1.29 is 19.7 Å². The molecule has 1 spiro atoms. The molecule has 4 saturated carbocycles. The van der Waals surface area contributed by atoms with Crippen LogP contribution in [-0.2, 0) is 9.47 Å². The molecule has 26 heavy (non-hydrogen) atoms. The van der Waals surface area contributed by atoms with Crippen LogP contribution < -0.4 is 0 Å². The van der Waals surface area contributed by atoms with E-state index in [0.717, 1.165) is 32.1 Å². The topological polar surface area (TPSA) is 58.9 Å². The third-order valence-electron chi connectivity index (χ3n) is 9.82. The Morgan fingerprint density at radius 2 is 1.65 bits per heavy atom. The molecule has 0 radical (unpaired) electrons. The zero-order chi connectivity index (χ0) is 18.3. The molecule has 5 aliphatic rings. The van der Waals surface area contributed by atoms with Gasteiger partial charge in [0.15, 0.2) is 5.79 Å². The maximum absolute atomic E-state index is 11.2. The molecule has 0 aromatic rings. The first-order chi connectivity index (χ1) is 12.3.